The fourth-order valence-corrected chi connectivity index (χ4v) is 5.03. The molecule has 0 aliphatic carbocycles. The van der Waals surface area contributed by atoms with Crippen LogP contribution in [0.15, 0.2) is 40.1 Å². The lowest BCUT2D eigenvalue weighted by molar-refractivity contribution is 0.520. The van der Waals surface area contributed by atoms with Crippen LogP contribution in [0.4, 0.5) is 5.69 Å². The van der Waals surface area contributed by atoms with Gasteiger partial charge in [0.15, 0.2) is 0 Å². The van der Waals surface area contributed by atoms with Gasteiger partial charge in [-0.2, -0.15) is 0 Å². The van der Waals surface area contributed by atoms with Gasteiger partial charge in [0.05, 0.1) is 15.5 Å². The Bertz CT molecular complexity index is 1050. The van der Waals surface area contributed by atoms with Gasteiger partial charge in [-0.25, -0.2) is 21.1 Å². The van der Waals surface area contributed by atoms with Crippen LogP contribution in [0, 0.1) is 13.8 Å². The third-order valence-corrected chi connectivity index (χ3v) is 7.38. The van der Waals surface area contributed by atoms with Crippen LogP contribution >= 0.6 is 23.2 Å². The Kier molecular flexibility index (Phi) is 5.94. The normalized spacial score (nSPS) is 12.4. The molecule has 0 amide bonds. The summed E-state index contributed by atoms with van der Waals surface area (Å²) < 4.78 is 53.6. The molecule has 142 valence electrons. The molecule has 0 aliphatic heterocycles. The van der Waals surface area contributed by atoms with Crippen LogP contribution in [0.3, 0.4) is 0 Å². The largest absolute Gasteiger partial charge is 0.279 e. The van der Waals surface area contributed by atoms with E-state index in [2.05, 4.69) is 4.72 Å². The van der Waals surface area contributed by atoms with Crippen molar-refractivity contribution in [1.29, 1.82) is 0 Å². The molecule has 0 atom stereocenters. The fourth-order valence-electron chi connectivity index (χ4n) is 2.18. The zero-order valence-corrected chi connectivity index (χ0v) is 17.7. The number of nitrogens with one attached hydrogen (secondary N) is 1. The summed E-state index contributed by atoms with van der Waals surface area (Å²) in [5.74, 6) is 0. The highest BCUT2D eigenvalue weighted by Gasteiger charge is 2.22. The van der Waals surface area contributed by atoms with Gasteiger partial charge >= 0.3 is 0 Å². The van der Waals surface area contributed by atoms with Crippen molar-refractivity contribution in [1.82, 2.24) is 4.31 Å². The molecule has 0 aromatic heterocycles. The van der Waals surface area contributed by atoms with Crippen molar-refractivity contribution < 1.29 is 16.8 Å². The van der Waals surface area contributed by atoms with Crippen LogP contribution in [-0.4, -0.2) is 35.2 Å². The van der Waals surface area contributed by atoms with Gasteiger partial charge in [0.2, 0.25) is 10.0 Å². The standard InChI is InChI=1S/C16H18Cl2N2O4S2/c1-10-5-15(26(23,24)20(3)4)9-16(11(10)2)19-25(21,22)14-7-12(17)6-13(18)8-14/h5-9,19H,1-4H3. The predicted octanol–water partition coefficient (Wildman–Crippen LogP) is 3.66. The Hall–Kier alpha value is -1.32. The van der Waals surface area contributed by atoms with Gasteiger partial charge in [-0.15, -0.1) is 0 Å². The number of nitrogens with zero attached hydrogens (tertiary/aromatic N) is 1. The van der Waals surface area contributed by atoms with E-state index in [1.165, 1.54) is 44.4 Å². The Morgan fingerprint density at radius 1 is 0.846 bits per heavy atom. The molecule has 0 spiro atoms. The first kappa shape index (κ1) is 21.0. The number of rotatable bonds is 5. The second-order valence-electron chi connectivity index (χ2n) is 5.91. The second-order valence-corrected chi connectivity index (χ2v) is 10.6. The number of anilines is 1. The van der Waals surface area contributed by atoms with E-state index in [1.54, 1.807) is 13.8 Å². The smallest absolute Gasteiger partial charge is 0.262 e. The summed E-state index contributed by atoms with van der Waals surface area (Å²) in [6.45, 7) is 3.41. The minimum atomic E-state index is -4.01. The summed E-state index contributed by atoms with van der Waals surface area (Å²) in [5, 5.41) is 0.351. The van der Waals surface area contributed by atoms with Gasteiger partial charge in [0.25, 0.3) is 10.0 Å². The van der Waals surface area contributed by atoms with Crippen molar-refractivity contribution in [3.63, 3.8) is 0 Å². The number of benzene rings is 2. The summed E-state index contributed by atoms with van der Waals surface area (Å²) in [6.07, 6.45) is 0. The van der Waals surface area contributed by atoms with Gasteiger partial charge < -0.3 is 0 Å². The summed E-state index contributed by atoms with van der Waals surface area (Å²) in [6, 6.07) is 6.73. The van der Waals surface area contributed by atoms with Crippen molar-refractivity contribution in [2.45, 2.75) is 23.6 Å². The average Bonchev–Trinajstić information content (AvgIpc) is 2.50. The number of halogens is 2. The van der Waals surface area contributed by atoms with Crippen molar-refractivity contribution in [3.8, 4) is 0 Å². The summed E-state index contributed by atoms with van der Waals surface area (Å²) >= 11 is 11.7. The fraction of sp³-hybridized carbons (Fsp3) is 0.250. The predicted molar refractivity (Wildman–Crippen MR) is 104 cm³/mol. The van der Waals surface area contributed by atoms with E-state index < -0.39 is 20.0 Å². The summed E-state index contributed by atoms with van der Waals surface area (Å²) in [7, 11) is -4.91. The number of hydrogen-bond acceptors (Lipinski definition) is 4. The molecule has 0 heterocycles. The molecular weight excluding hydrogens is 419 g/mol. The second kappa shape index (κ2) is 7.36. The molecule has 0 bridgehead atoms. The lowest BCUT2D eigenvalue weighted by Gasteiger charge is -2.17. The topological polar surface area (TPSA) is 83.6 Å². The first-order chi connectivity index (χ1) is 11.8. The SMILES string of the molecule is Cc1cc(S(=O)(=O)N(C)C)cc(NS(=O)(=O)c2cc(Cl)cc(Cl)c2)c1C. The van der Waals surface area contributed by atoms with Gasteiger partial charge in [-0.1, -0.05) is 23.2 Å². The van der Waals surface area contributed by atoms with Crippen molar-refractivity contribution in [3.05, 3.63) is 51.5 Å². The maximum atomic E-state index is 12.7. The van der Waals surface area contributed by atoms with E-state index in [0.29, 0.717) is 11.1 Å². The van der Waals surface area contributed by atoms with Gasteiger partial charge in [-0.3, -0.25) is 4.72 Å². The van der Waals surface area contributed by atoms with Crippen molar-refractivity contribution in [2.24, 2.45) is 0 Å². The number of hydrogen-bond donors (Lipinski definition) is 1. The van der Waals surface area contributed by atoms with Gasteiger partial charge in [-0.05, 0) is 55.3 Å². The molecule has 10 heteroatoms. The molecule has 0 unspecified atom stereocenters. The zero-order chi connectivity index (χ0) is 19.9. The van der Waals surface area contributed by atoms with Crippen LogP contribution in [0.25, 0.3) is 0 Å². The lowest BCUT2D eigenvalue weighted by Crippen LogP contribution is -2.23. The number of aryl methyl sites for hydroxylation is 1. The van der Waals surface area contributed by atoms with E-state index in [-0.39, 0.29) is 25.5 Å². The molecule has 2 aromatic rings. The van der Waals surface area contributed by atoms with E-state index >= 15 is 0 Å². The molecule has 2 rings (SSSR count). The monoisotopic (exact) mass is 436 g/mol. The quantitative estimate of drug-likeness (QED) is 0.774. The highest BCUT2D eigenvalue weighted by Crippen LogP contribution is 2.29. The van der Waals surface area contributed by atoms with Crippen LogP contribution in [0.5, 0.6) is 0 Å². The summed E-state index contributed by atoms with van der Waals surface area (Å²) in [4.78, 5) is -0.125. The zero-order valence-electron chi connectivity index (χ0n) is 14.5. The maximum absolute atomic E-state index is 12.7. The van der Waals surface area contributed by atoms with Crippen LogP contribution in [0.2, 0.25) is 10.0 Å². The van der Waals surface area contributed by atoms with Crippen molar-refractivity contribution >= 4 is 48.9 Å². The van der Waals surface area contributed by atoms with Crippen LogP contribution < -0.4 is 4.72 Å². The minimum absolute atomic E-state index is 0.00701. The molecule has 6 nitrogen and oxygen atoms in total. The maximum Gasteiger partial charge on any atom is 0.262 e. The average molecular weight is 437 g/mol. The molecule has 0 aliphatic rings. The Labute approximate surface area is 163 Å². The molecule has 0 saturated heterocycles. The molecule has 2 aromatic carbocycles. The highest BCUT2D eigenvalue weighted by molar-refractivity contribution is 7.92. The van der Waals surface area contributed by atoms with Crippen LogP contribution in [0.1, 0.15) is 11.1 Å². The van der Waals surface area contributed by atoms with Crippen LogP contribution in [-0.2, 0) is 20.0 Å². The van der Waals surface area contributed by atoms with Crippen molar-refractivity contribution in [2.75, 3.05) is 18.8 Å². The molecule has 0 saturated carbocycles. The molecular formula is C16H18Cl2N2O4S2. The van der Waals surface area contributed by atoms with E-state index in [0.717, 1.165) is 4.31 Å². The van der Waals surface area contributed by atoms with Gasteiger partial charge in [0.1, 0.15) is 0 Å². The minimum Gasteiger partial charge on any atom is -0.279 e. The van der Waals surface area contributed by atoms with E-state index in [4.69, 9.17) is 23.2 Å². The first-order valence-electron chi connectivity index (χ1n) is 7.37. The Morgan fingerprint density at radius 2 is 1.38 bits per heavy atom. The highest BCUT2D eigenvalue weighted by atomic mass is 35.5. The third kappa shape index (κ3) is 4.32. The first-order valence-corrected chi connectivity index (χ1v) is 11.0. The Morgan fingerprint density at radius 3 is 1.88 bits per heavy atom. The molecule has 0 radical (unpaired) electrons. The third-order valence-electron chi connectivity index (χ3n) is 3.81. The van der Waals surface area contributed by atoms with E-state index in [9.17, 15) is 16.8 Å². The summed E-state index contributed by atoms with van der Waals surface area (Å²) in [5.41, 5.74) is 1.41. The molecule has 0 fully saturated rings. The van der Waals surface area contributed by atoms with E-state index in [1.807, 2.05) is 0 Å². The van der Waals surface area contributed by atoms with Gasteiger partial charge in [0, 0.05) is 24.1 Å². The molecule has 1 N–H and O–H groups in total. The Balaban J connectivity index is 2.57. The lowest BCUT2D eigenvalue weighted by atomic mass is 10.1. The number of sulfonamides is 2. The molecule has 26 heavy (non-hydrogen) atoms.